The summed E-state index contributed by atoms with van der Waals surface area (Å²) in [5.41, 5.74) is 2.75. The number of nitrogens with zero attached hydrogens (tertiary/aromatic N) is 2. The van der Waals surface area contributed by atoms with Crippen LogP contribution in [0, 0.1) is 23.7 Å². The van der Waals surface area contributed by atoms with Gasteiger partial charge in [-0.3, -0.25) is 13.9 Å². The molecule has 6 rings (SSSR count). The number of carbonyl (C=O) groups excluding carboxylic acids is 2. The van der Waals surface area contributed by atoms with Gasteiger partial charge in [-0.1, -0.05) is 49.7 Å². The first-order valence-corrected chi connectivity index (χ1v) is 17.5. The van der Waals surface area contributed by atoms with Crippen LogP contribution in [0.2, 0.25) is 5.02 Å². The second-order valence-corrected chi connectivity index (χ2v) is 15.8. The molecule has 1 atom stereocenters. The highest BCUT2D eigenvalue weighted by molar-refractivity contribution is 7.92. The van der Waals surface area contributed by atoms with Crippen LogP contribution in [-0.2, 0) is 31.6 Å². The van der Waals surface area contributed by atoms with Crippen LogP contribution < -0.4 is 9.62 Å². The van der Waals surface area contributed by atoms with E-state index in [1.54, 1.807) is 31.2 Å². The number of nitrogens with one attached hydrogen (secondary N) is 1. The third-order valence-corrected chi connectivity index (χ3v) is 11.0. The largest absolute Gasteiger partial charge is 0.354 e. The number of rotatable bonds is 11. The first-order valence-electron chi connectivity index (χ1n) is 15.2. The highest BCUT2D eigenvalue weighted by Crippen LogP contribution is 2.60. The van der Waals surface area contributed by atoms with Gasteiger partial charge in [-0.15, -0.1) is 0 Å². The molecule has 0 aromatic heterocycles. The van der Waals surface area contributed by atoms with Crippen LogP contribution in [0.25, 0.3) is 0 Å². The van der Waals surface area contributed by atoms with Crippen molar-refractivity contribution < 1.29 is 18.0 Å². The highest BCUT2D eigenvalue weighted by Gasteiger charge is 2.51. The molecule has 0 saturated heterocycles. The summed E-state index contributed by atoms with van der Waals surface area (Å²) in [6.45, 7) is 5.91. The smallest absolute Gasteiger partial charge is 0.244 e. The molecule has 42 heavy (non-hydrogen) atoms. The minimum atomic E-state index is -3.78. The molecule has 2 aromatic rings. The predicted molar refractivity (Wildman–Crippen MR) is 168 cm³/mol. The van der Waals surface area contributed by atoms with Crippen LogP contribution in [0.1, 0.15) is 70.4 Å². The normalized spacial score (nSPS) is 25.3. The van der Waals surface area contributed by atoms with E-state index in [9.17, 15) is 18.0 Å². The van der Waals surface area contributed by atoms with Gasteiger partial charge in [0, 0.05) is 18.1 Å². The Kier molecular flexibility index (Phi) is 8.96. The molecule has 4 saturated carbocycles. The second kappa shape index (κ2) is 12.2. The van der Waals surface area contributed by atoms with Gasteiger partial charge in [0.1, 0.15) is 12.6 Å². The van der Waals surface area contributed by atoms with Gasteiger partial charge >= 0.3 is 0 Å². The van der Waals surface area contributed by atoms with E-state index in [4.69, 9.17) is 11.6 Å². The van der Waals surface area contributed by atoms with E-state index in [0.29, 0.717) is 17.3 Å². The zero-order valence-corrected chi connectivity index (χ0v) is 26.8. The summed E-state index contributed by atoms with van der Waals surface area (Å²) in [5, 5.41) is 3.47. The van der Waals surface area contributed by atoms with Crippen LogP contribution in [0.4, 0.5) is 5.69 Å². The molecule has 7 nitrogen and oxygen atoms in total. The molecule has 1 N–H and O–H groups in total. The number of amides is 2. The monoisotopic (exact) mass is 613 g/mol. The van der Waals surface area contributed by atoms with E-state index in [1.807, 2.05) is 26.0 Å². The zero-order valence-electron chi connectivity index (χ0n) is 25.2. The van der Waals surface area contributed by atoms with Crippen molar-refractivity contribution in [1.82, 2.24) is 10.2 Å². The van der Waals surface area contributed by atoms with Crippen LogP contribution >= 0.6 is 11.6 Å². The van der Waals surface area contributed by atoms with Crippen molar-refractivity contribution in [2.45, 2.75) is 77.3 Å². The van der Waals surface area contributed by atoms with Crippen molar-refractivity contribution in [3.8, 4) is 0 Å². The molecular weight excluding hydrogens is 570 g/mol. The highest BCUT2D eigenvalue weighted by atomic mass is 35.5. The lowest BCUT2D eigenvalue weighted by Crippen LogP contribution is -2.51. The van der Waals surface area contributed by atoms with Crippen molar-refractivity contribution in [3.63, 3.8) is 0 Å². The summed E-state index contributed by atoms with van der Waals surface area (Å²) < 4.78 is 27.2. The van der Waals surface area contributed by atoms with Gasteiger partial charge in [0.2, 0.25) is 21.8 Å². The lowest BCUT2D eigenvalue weighted by Gasteiger charge is -2.57. The number of benzene rings is 2. The number of anilines is 1. The molecular formula is C33H44ClN3O4S. The van der Waals surface area contributed by atoms with Gasteiger partial charge in [-0.2, -0.15) is 0 Å². The third kappa shape index (κ3) is 6.80. The standard InChI is InChI=1S/C33H44ClN3O4S/c1-22(2)19-35-32(39)23(3)36(20-24-5-9-29(34)10-6-24)31(38)21-37(42(4,40)41)30-11-7-28(8-12-30)33-16-25-13-26(17-33)15-27(14-25)18-33/h5-12,22-23,25-27H,13-21H2,1-4H3,(H,35,39). The molecule has 0 aliphatic heterocycles. The van der Waals surface area contributed by atoms with Gasteiger partial charge in [0.15, 0.2) is 0 Å². The van der Waals surface area contributed by atoms with Crippen molar-refractivity contribution in [2.24, 2.45) is 23.7 Å². The Hall–Kier alpha value is -2.58. The zero-order chi connectivity index (χ0) is 30.2. The minimum absolute atomic E-state index is 0.148. The molecule has 4 aliphatic rings. The summed E-state index contributed by atoms with van der Waals surface area (Å²) in [4.78, 5) is 28.3. The molecule has 2 aromatic carbocycles. The lowest BCUT2D eigenvalue weighted by atomic mass is 9.48. The first kappa shape index (κ1) is 30.9. The Balaban J connectivity index is 1.37. The van der Waals surface area contributed by atoms with Crippen molar-refractivity contribution >= 4 is 39.1 Å². The van der Waals surface area contributed by atoms with Crippen molar-refractivity contribution in [3.05, 3.63) is 64.7 Å². The first-order chi connectivity index (χ1) is 19.8. The van der Waals surface area contributed by atoms with E-state index in [0.717, 1.165) is 33.9 Å². The molecule has 0 spiro atoms. The van der Waals surface area contributed by atoms with Crippen molar-refractivity contribution in [1.29, 1.82) is 0 Å². The van der Waals surface area contributed by atoms with Crippen LogP contribution in [0.3, 0.4) is 0 Å². The molecule has 0 heterocycles. The molecule has 4 bridgehead atoms. The Bertz CT molecular complexity index is 1360. The second-order valence-electron chi connectivity index (χ2n) is 13.5. The summed E-state index contributed by atoms with van der Waals surface area (Å²) in [6.07, 6.45) is 8.88. The molecule has 0 radical (unpaired) electrons. The molecule has 4 fully saturated rings. The Morgan fingerprint density at radius 2 is 1.48 bits per heavy atom. The maximum atomic E-state index is 13.8. The quantitative estimate of drug-likeness (QED) is 0.349. The molecule has 4 aliphatic carbocycles. The topological polar surface area (TPSA) is 86.8 Å². The fraction of sp³-hybridized carbons (Fsp3) is 0.576. The number of sulfonamides is 1. The Labute approximate surface area is 256 Å². The van der Waals surface area contributed by atoms with Gasteiger partial charge in [0.05, 0.1) is 11.9 Å². The van der Waals surface area contributed by atoms with E-state index in [-0.39, 0.29) is 23.8 Å². The van der Waals surface area contributed by atoms with Gasteiger partial charge in [0.25, 0.3) is 0 Å². The van der Waals surface area contributed by atoms with Crippen LogP contribution in [0.15, 0.2) is 48.5 Å². The number of carbonyl (C=O) groups is 2. The number of hydrogen-bond acceptors (Lipinski definition) is 4. The molecule has 2 amide bonds. The molecule has 9 heteroatoms. The average Bonchev–Trinajstić information content (AvgIpc) is 2.92. The van der Waals surface area contributed by atoms with Gasteiger partial charge < -0.3 is 10.2 Å². The number of hydrogen-bond donors (Lipinski definition) is 1. The summed E-state index contributed by atoms with van der Waals surface area (Å²) >= 11 is 6.06. The Morgan fingerprint density at radius 3 is 1.98 bits per heavy atom. The average molecular weight is 614 g/mol. The van der Waals surface area contributed by atoms with E-state index in [1.165, 1.54) is 49.0 Å². The van der Waals surface area contributed by atoms with E-state index < -0.39 is 28.5 Å². The lowest BCUT2D eigenvalue weighted by molar-refractivity contribution is -0.139. The van der Waals surface area contributed by atoms with Crippen LogP contribution in [0.5, 0.6) is 0 Å². The minimum Gasteiger partial charge on any atom is -0.354 e. The van der Waals surface area contributed by atoms with E-state index in [2.05, 4.69) is 17.4 Å². The molecule has 1 unspecified atom stereocenters. The third-order valence-electron chi connectivity index (χ3n) is 9.60. The SMILES string of the molecule is CC(C)CNC(=O)C(C)N(Cc1ccc(Cl)cc1)C(=O)CN(c1ccc(C23CC4CC(CC(C4)C2)C3)cc1)S(C)(=O)=O. The summed E-state index contributed by atoms with van der Waals surface area (Å²) in [5.74, 6) is 1.96. The van der Waals surface area contributed by atoms with Crippen LogP contribution in [-0.4, -0.2) is 50.5 Å². The maximum absolute atomic E-state index is 13.8. The van der Waals surface area contributed by atoms with Gasteiger partial charge in [-0.05, 0) is 110 Å². The fourth-order valence-corrected chi connectivity index (χ4v) is 8.86. The van der Waals surface area contributed by atoms with Gasteiger partial charge in [-0.25, -0.2) is 8.42 Å². The fourth-order valence-electron chi connectivity index (χ4n) is 7.88. The van der Waals surface area contributed by atoms with Crippen molar-refractivity contribution in [2.75, 3.05) is 23.7 Å². The predicted octanol–water partition coefficient (Wildman–Crippen LogP) is 5.76. The van der Waals surface area contributed by atoms with E-state index >= 15 is 0 Å². The summed E-state index contributed by atoms with van der Waals surface area (Å²) in [6, 6.07) is 14.1. The Morgan fingerprint density at radius 1 is 0.929 bits per heavy atom. The number of halogens is 1. The summed E-state index contributed by atoms with van der Waals surface area (Å²) in [7, 11) is -3.78. The molecule has 228 valence electrons. The maximum Gasteiger partial charge on any atom is 0.244 e.